The summed E-state index contributed by atoms with van der Waals surface area (Å²) in [5, 5.41) is 9.14. The molecule has 4 rings (SSSR count). The molecule has 1 aromatic heterocycles. The molecule has 2 aromatic carbocycles. The molecule has 0 unspecified atom stereocenters. The van der Waals surface area contributed by atoms with Crippen LogP contribution in [0.25, 0.3) is 0 Å². The van der Waals surface area contributed by atoms with Gasteiger partial charge in [0.05, 0.1) is 29.1 Å². The predicted molar refractivity (Wildman–Crippen MR) is 157 cm³/mol. The van der Waals surface area contributed by atoms with Gasteiger partial charge in [0.2, 0.25) is 5.95 Å². The van der Waals surface area contributed by atoms with Crippen molar-refractivity contribution in [1.82, 2.24) is 15.3 Å². The molecule has 0 bridgehead atoms. The summed E-state index contributed by atoms with van der Waals surface area (Å²) >= 11 is 6.38. The second-order valence-electron chi connectivity index (χ2n) is 9.66. The molecule has 1 amide bonds. The van der Waals surface area contributed by atoms with Crippen LogP contribution in [0.2, 0.25) is 5.02 Å². The summed E-state index contributed by atoms with van der Waals surface area (Å²) in [4.78, 5) is 21.6. The molecule has 1 heterocycles. The fourth-order valence-electron chi connectivity index (χ4n) is 4.54. The van der Waals surface area contributed by atoms with Crippen LogP contribution in [0.15, 0.2) is 47.4 Å². The summed E-state index contributed by atoms with van der Waals surface area (Å²) in [5.41, 5.74) is 13.3. The molecular formula is C27H34ClN7O4S. The van der Waals surface area contributed by atoms with Gasteiger partial charge < -0.3 is 32.2 Å². The number of methoxy groups -OCH3 is 1. The molecule has 7 N–H and O–H groups in total. The fraction of sp³-hybridized carbons (Fsp3) is 0.370. The topological polar surface area (TPSA) is 174 Å². The SMILES string of the molecule is CCCS(=O)(=O)c1ccccc1Nc1nc(Nc2ccc(C(=O)NC3CCC(N)CC3)cc2OC)nc(N)c1Cl. The van der Waals surface area contributed by atoms with Crippen LogP contribution in [0.5, 0.6) is 5.75 Å². The zero-order valence-corrected chi connectivity index (χ0v) is 24.0. The first-order valence-corrected chi connectivity index (χ1v) is 15.1. The van der Waals surface area contributed by atoms with Crippen LogP contribution in [0.1, 0.15) is 49.4 Å². The van der Waals surface area contributed by atoms with E-state index >= 15 is 0 Å². The van der Waals surface area contributed by atoms with E-state index in [1.807, 2.05) is 0 Å². The normalized spacial score (nSPS) is 17.2. The molecule has 13 heteroatoms. The molecule has 0 aliphatic heterocycles. The van der Waals surface area contributed by atoms with E-state index in [0.29, 0.717) is 29.1 Å². The first-order valence-electron chi connectivity index (χ1n) is 13.0. The lowest BCUT2D eigenvalue weighted by Gasteiger charge is -2.26. The lowest BCUT2D eigenvalue weighted by atomic mass is 9.91. The average Bonchev–Trinajstić information content (AvgIpc) is 2.93. The van der Waals surface area contributed by atoms with Crippen molar-refractivity contribution in [3.63, 3.8) is 0 Å². The van der Waals surface area contributed by atoms with Gasteiger partial charge in [-0.05, 0) is 62.4 Å². The number of benzene rings is 2. The summed E-state index contributed by atoms with van der Waals surface area (Å²) in [6.45, 7) is 1.80. The number of carbonyl (C=O) groups is 1. The number of hydrogen-bond acceptors (Lipinski definition) is 10. The molecule has 1 aliphatic rings. The number of aromatic nitrogens is 2. The minimum atomic E-state index is -3.53. The third-order valence-corrected chi connectivity index (χ3v) is 8.99. The first kappa shape index (κ1) is 29.4. The smallest absolute Gasteiger partial charge is 0.251 e. The standard InChI is InChI=1S/C27H34ClN7O4S/c1-3-14-40(37,38)22-7-5-4-6-20(22)32-25-23(28)24(30)34-27(35-25)33-19-13-8-16(15-21(19)39-2)26(36)31-18-11-9-17(29)10-12-18/h4-8,13,15,17-18H,3,9-12,14,29H2,1-2H3,(H,31,36)(H4,30,32,33,34,35). The van der Waals surface area contributed by atoms with Gasteiger partial charge in [0.1, 0.15) is 16.6 Å². The van der Waals surface area contributed by atoms with E-state index in [9.17, 15) is 13.2 Å². The molecule has 1 saturated carbocycles. The van der Waals surface area contributed by atoms with Gasteiger partial charge >= 0.3 is 0 Å². The van der Waals surface area contributed by atoms with Crippen LogP contribution in [0, 0.1) is 0 Å². The van der Waals surface area contributed by atoms with Crippen molar-refractivity contribution in [3.8, 4) is 5.75 Å². The van der Waals surface area contributed by atoms with E-state index < -0.39 is 9.84 Å². The Labute approximate surface area is 239 Å². The number of nitrogen functional groups attached to an aromatic ring is 1. The number of hydrogen-bond donors (Lipinski definition) is 5. The maximum Gasteiger partial charge on any atom is 0.251 e. The Morgan fingerprint density at radius 2 is 1.80 bits per heavy atom. The first-order chi connectivity index (χ1) is 19.1. The summed E-state index contributed by atoms with van der Waals surface area (Å²) in [7, 11) is -2.04. The number of nitrogens with one attached hydrogen (secondary N) is 3. The van der Waals surface area contributed by atoms with Gasteiger partial charge in [-0.2, -0.15) is 9.97 Å². The molecule has 214 valence electrons. The number of para-hydroxylation sites is 1. The number of anilines is 5. The van der Waals surface area contributed by atoms with Crippen molar-refractivity contribution >= 4 is 56.3 Å². The number of ether oxygens (including phenoxy) is 1. The van der Waals surface area contributed by atoms with Crippen LogP contribution < -0.4 is 32.2 Å². The summed E-state index contributed by atoms with van der Waals surface area (Å²) in [5.74, 6) is 0.394. The maximum absolute atomic E-state index is 12.8. The highest BCUT2D eigenvalue weighted by Gasteiger charge is 2.22. The third kappa shape index (κ3) is 6.93. The Balaban J connectivity index is 1.56. The number of rotatable bonds is 10. The van der Waals surface area contributed by atoms with Gasteiger partial charge in [0, 0.05) is 17.6 Å². The second kappa shape index (κ2) is 12.7. The fourth-order valence-corrected chi connectivity index (χ4v) is 6.17. The van der Waals surface area contributed by atoms with E-state index in [-0.39, 0.29) is 51.2 Å². The van der Waals surface area contributed by atoms with E-state index in [2.05, 4.69) is 25.9 Å². The average molecular weight is 588 g/mol. The van der Waals surface area contributed by atoms with Crippen molar-refractivity contribution < 1.29 is 17.9 Å². The van der Waals surface area contributed by atoms with E-state index in [4.69, 9.17) is 27.8 Å². The van der Waals surface area contributed by atoms with Gasteiger partial charge in [-0.25, -0.2) is 8.42 Å². The summed E-state index contributed by atoms with van der Waals surface area (Å²) in [6.07, 6.45) is 3.95. The Bertz CT molecular complexity index is 1480. The van der Waals surface area contributed by atoms with Gasteiger partial charge in [-0.1, -0.05) is 30.7 Å². The predicted octanol–water partition coefficient (Wildman–Crippen LogP) is 4.39. The monoisotopic (exact) mass is 587 g/mol. The van der Waals surface area contributed by atoms with E-state index in [1.54, 1.807) is 43.3 Å². The molecule has 3 aromatic rings. The lowest BCUT2D eigenvalue weighted by Crippen LogP contribution is -2.40. The van der Waals surface area contributed by atoms with E-state index in [0.717, 1.165) is 25.7 Å². The molecule has 0 radical (unpaired) electrons. The number of halogens is 1. The van der Waals surface area contributed by atoms with Gasteiger partial charge in [-0.3, -0.25) is 4.79 Å². The Morgan fingerprint density at radius 3 is 2.50 bits per heavy atom. The molecule has 40 heavy (non-hydrogen) atoms. The lowest BCUT2D eigenvalue weighted by molar-refractivity contribution is 0.0925. The molecule has 0 atom stereocenters. The van der Waals surface area contributed by atoms with Crippen molar-refractivity contribution in [2.75, 3.05) is 29.2 Å². The maximum atomic E-state index is 12.8. The van der Waals surface area contributed by atoms with Crippen LogP contribution in [0.4, 0.5) is 29.0 Å². The largest absolute Gasteiger partial charge is 0.495 e. The van der Waals surface area contributed by atoms with Gasteiger partial charge in [0.15, 0.2) is 15.7 Å². The van der Waals surface area contributed by atoms with Crippen molar-refractivity contribution in [2.24, 2.45) is 5.73 Å². The molecule has 11 nitrogen and oxygen atoms in total. The highest BCUT2D eigenvalue weighted by Crippen LogP contribution is 2.34. The minimum absolute atomic E-state index is 0.000772. The van der Waals surface area contributed by atoms with Crippen LogP contribution >= 0.6 is 11.6 Å². The highest BCUT2D eigenvalue weighted by atomic mass is 35.5. The van der Waals surface area contributed by atoms with Crippen molar-refractivity contribution in [1.29, 1.82) is 0 Å². The van der Waals surface area contributed by atoms with E-state index in [1.165, 1.54) is 13.2 Å². The van der Waals surface area contributed by atoms with Crippen LogP contribution in [0.3, 0.4) is 0 Å². The summed E-state index contributed by atoms with van der Waals surface area (Å²) in [6, 6.07) is 11.8. The minimum Gasteiger partial charge on any atom is -0.495 e. The van der Waals surface area contributed by atoms with Gasteiger partial charge in [0.25, 0.3) is 5.91 Å². The zero-order valence-electron chi connectivity index (χ0n) is 22.4. The molecular weight excluding hydrogens is 554 g/mol. The Morgan fingerprint density at radius 1 is 1.07 bits per heavy atom. The molecule has 1 fully saturated rings. The molecule has 0 spiro atoms. The van der Waals surface area contributed by atoms with Gasteiger partial charge in [-0.15, -0.1) is 0 Å². The quantitative estimate of drug-likeness (QED) is 0.229. The Hall–Kier alpha value is -3.61. The number of nitrogens with two attached hydrogens (primary N) is 2. The number of nitrogens with zero attached hydrogens (tertiary/aromatic N) is 2. The number of sulfone groups is 1. The summed E-state index contributed by atoms with van der Waals surface area (Å²) < 4.78 is 31.1. The zero-order chi connectivity index (χ0) is 28.9. The molecule has 0 saturated heterocycles. The van der Waals surface area contributed by atoms with Crippen molar-refractivity contribution in [3.05, 3.63) is 53.1 Å². The highest BCUT2D eigenvalue weighted by molar-refractivity contribution is 7.91. The molecule has 1 aliphatic carbocycles. The second-order valence-corrected chi connectivity index (χ2v) is 12.1. The Kier molecular flexibility index (Phi) is 9.33. The van der Waals surface area contributed by atoms with Crippen LogP contribution in [-0.4, -0.2) is 49.2 Å². The number of amides is 1. The van der Waals surface area contributed by atoms with Crippen LogP contribution in [-0.2, 0) is 9.84 Å². The third-order valence-electron chi connectivity index (χ3n) is 6.64. The number of carbonyl (C=O) groups excluding carboxylic acids is 1. The van der Waals surface area contributed by atoms with Crippen molar-refractivity contribution in [2.45, 2.75) is 56.0 Å².